The van der Waals surface area contributed by atoms with Gasteiger partial charge in [0.25, 0.3) is 5.56 Å². The zero-order valence-electron chi connectivity index (χ0n) is 11.3. The Morgan fingerprint density at radius 3 is 2.57 bits per heavy atom. The topological polar surface area (TPSA) is 168 Å². The van der Waals surface area contributed by atoms with Crippen LogP contribution in [-0.4, -0.2) is 71.6 Å². The van der Waals surface area contributed by atoms with Crippen molar-refractivity contribution in [1.82, 2.24) is 14.6 Å². The average molecular weight is 341 g/mol. The van der Waals surface area contributed by atoms with E-state index in [1.54, 1.807) is 0 Å². The van der Waals surface area contributed by atoms with Crippen LogP contribution in [0.5, 0.6) is 0 Å². The van der Waals surface area contributed by atoms with Crippen LogP contribution >= 0.6 is 0 Å². The van der Waals surface area contributed by atoms with Gasteiger partial charge in [-0.2, -0.15) is 4.39 Å². The number of hydroxylamine groups is 2. The Labute approximate surface area is 125 Å². The van der Waals surface area contributed by atoms with E-state index in [1.807, 2.05) is 0 Å². The molecule has 1 saturated heterocycles. The number of ether oxygens (including phenoxy) is 1. The summed E-state index contributed by atoms with van der Waals surface area (Å²) in [5.41, 5.74) is -6.37. The molecular weight excluding hydrogens is 328 g/mol. The Kier molecular flexibility index (Phi) is 4.38. The van der Waals surface area contributed by atoms with Crippen molar-refractivity contribution in [3.8, 4) is 0 Å². The second-order valence-corrected chi connectivity index (χ2v) is 4.74. The van der Waals surface area contributed by atoms with Gasteiger partial charge in [-0.25, -0.2) is 13.8 Å². The van der Waals surface area contributed by atoms with Gasteiger partial charge in [-0.15, -0.1) is 5.06 Å². The molecule has 11 nitrogen and oxygen atoms in total. The normalized spacial score (nSPS) is 34.3. The summed E-state index contributed by atoms with van der Waals surface area (Å²) in [7, 11) is 0. The summed E-state index contributed by atoms with van der Waals surface area (Å²) in [5, 5.41) is 48.5. The van der Waals surface area contributed by atoms with E-state index < -0.39 is 59.4 Å². The van der Waals surface area contributed by atoms with E-state index in [9.17, 15) is 38.9 Å². The minimum atomic E-state index is -3.44. The minimum absolute atomic E-state index is 0.110. The first-order valence-electron chi connectivity index (χ1n) is 6.09. The molecule has 1 aromatic rings. The molecule has 0 aromatic carbocycles. The third kappa shape index (κ3) is 2.29. The highest BCUT2D eigenvalue weighted by Crippen LogP contribution is 2.42. The molecule has 0 saturated carbocycles. The van der Waals surface area contributed by atoms with Crippen LogP contribution in [0, 0.1) is 5.82 Å². The Hall–Kier alpha value is -1.74. The van der Waals surface area contributed by atoms with Gasteiger partial charge in [0, 0.05) is 0 Å². The molecule has 130 valence electrons. The summed E-state index contributed by atoms with van der Waals surface area (Å²) in [5.74, 6) is -5.03. The van der Waals surface area contributed by atoms with Crippen LogP contribution in [0.2, 0.25) is 0 Å². The molecule has 1 aliphatic rings. The number of aliphatic hydroxyl groups is 4. The van der Waals surface area contributed by atoms with Gasteiger partial charge in [-0.1, -0.05) is 0 Å². The summed E-state index contributed by atoms with van der Waals surface area (Å²) in [6.07, 6.45) is -3.99. The van der Waals surface area contributed by atoms with Crippen molar-refractivity contribution in [3.05, 3.63) is 32.9 Å². The molecule has 1 aliphatic heterocycles. The first kappa shape index (κ1) is 17.6. The van der Waals surface area contributed by atoms with Crippen LogP contribution in [0.1, 0.15) is 0 Å². The zero-order valence-corrected chi connectivity index (χ0v) is 11.3. The van der Waals surface area contributed by atoms with Gasteiger partial charge < -0.3 is 30.4 Å². The SMILES string of the molecule is O=c1[nH]c(=O)n([C@]2(O)O[C@H](CO)[C@@H](O)[C@]2(O)N(O)CF)cc1F. The Morgan fingerprint density at radius 2 is 2.04 bits per heavy atom. The maximum absolute atomic E-state index is 13.4. The lowest BCUT2D eigenvalue weighted by Crippen LogP contribution is -2.68. The number of hydrogen-bond donors (Lipinski definition) is 6. The molecule has 2 heterocycles. The molecule has 0 bridgehead atoms. The second-order valence-electron chi connectivity index (χ2n) is 4.74. The molecule has 6 N–H and O–H groups in total. The molecule has 1 aromatic heterocycles. The molecular formula is C10H13F2N3O8. The van der Waals surface area contributed by atoms with Gasteiger partial charge in [-0.3, -0.25) is 9.78 Å². The van der Waals surface area contributed by atoms with Crippen LogP contribution in [0.25, 0.3) is 0 Å². The third-order valence-electron chi connectivity index (χ3n) is 3.47. The van der Waals surface area contributed by atoms with E-state index in [0.29, 0.717) is 0 Å². The fourth-order valence-electron chi connectivity index (χ4n) is 2.27. The smallest absolute Gasteiger partial charge is 0.332 e. The van der Waals surface area contributed by atoms with E-state index in [2.05, 4.69) is 0 Å². The standard InChI is InChI=1S/C10H13F2N3O8/c11-3-15(22)9(20)6(17)5(2-16)23-10(9,21)14-1-4(12)7(18)13-8(14)19/h1,5-6,16-17,20-22H,2-3H2,(H,13,18,19)/t5-,6-,9-,10-/m1/s1. The van der Waals surface area contributed by atoms with Crippen molar-refractivity contribution in [2.24, 2.45) is 0 Å². The van der Waals surface area contributed by atoms with E-state index in [1.165, 1.54) is 4.98 Å². The number of rotatable bonds is 4. The number of alkyl halides is 1. The summed E-state index contributed by atoms with van der Waals surface area (Å²) < 4.78 is 30.7. The monoisotopic (exact) mass is 341 g/mol. The largest absolute Gasteiger partial charge is 0.394 e. The van der Waals surface area contributed by atoms with Crippen LogP contribution < -0.4 is 11.2 Å². The number of nitrogens with one attached hydrogen (secondary N) is 1. The fourth-order valence-corrected chi connectivity index (χ4v) is 2.27. The van der Waals surface area contributed by atoms with Crippen molar-refractivity contribution in [3.63, 3.8) is 0 Å². The van der Waals surface area contributed by atoms with Gasteiger partial charge in [0.15, 0.2) is 6.80 Å². The average Bonchev–Trinajstić information content (AvgIpc) is 2.72. The maximum atomic E-state index is 13.4. The summed E-state index contributed by atoms with van der Waals surface area (Å²) in [6, 6.07) is 0. The van der Waals surface area contributed by atoms with Crippen LogP contribution in [-0.2, 0) is 10.6 Å². The molecule has 2 rings (SSSR count). The van der Waals surface area contributed by atoms with E-state index in [0.717, 1.165) is 0 Å². The lowest BCUT2D eigenvalue weighted by Gasteiger charge is -2.40. The highest BCUT2D eigenvalue weighted by molar-refractivity contribution is 5.05. The summed E-state index contributed by atoms with van der Waals surface area (Å²) in [6.45, 7) is -2.87. The van der Waals surface area contributed by atoms with Crippen molar-refractivity contribution >= 4 is 0 Å². The number of hydrogen-bond acceptors (Lipinski definition) is 9. The summed E-state index contributed by atoms with van der Waals surface area (Å²) >= 11 is 0. The van der Waals surface area contributed by atoms with E-state index in [-0.39, 0.29) is 10.8 Å². The predicted molar refractivity (Wildman–Crippen MR) is 64.0 cm³/mol. The van der Waals surface area contributed by atoms with Gasteiger partial charge in [-0.05, 0) is 0 Å². The Balaban J connectivity index is 2.73. The van der Waals surface area contributed by atoms with Gasteiger partial charge in [0.05, 0.1) is 12.8 Å². The molecule has 0 spiro atoms. The quantitative estimate of drug-likeness (QED) is 0.184. The molecule has 4 atom stereocenters. The maximum Gasteiger partial charge on any atom is 0.332 e. The number of halogens is 2. The predicted octanol–water partition coefficient (Wildman–Crippen LogP) is -3.66. The molecule has 23 heavy (non-hydrogen) atoms. The van der Waals surface area contributed by atoms with Crippen molar-refractivity contribution in [1.29, 1.82) is 0 Å². The number of nitrogens with zero attached hydrogens (tertiary/aromatic N) is 2. The highest BCUT2D eigenvalue weighted by Gasteiger charge is 2.70. The van der Waals surface area contributed by atoms with E-state index in [4.69, 9.17) is 9.84 Å². The van der Waals surface area contributed by atoms with Gasteiger partial charge >= 0.3 is 11.6 Å². The first-order chi connectivity index (χ1) is 10.6. The number of aliphatic hydroxyl groups excluding tert-OH is 2. The van der Waals surface area contributed by atoms with Crippen LogP contribution in [0.15, 0.2) is 15.8 Å². The Morgan fingerprint density at radius 1 is 1.43 bits per heavy atom. The van der Waals surface area contributed by atoms with E-state index >= 15 is 0 Å². The lowest BCUT2D eigenvalue weighted by molar-refractivity contribution is -0.416. The highest BCUT2D eigenvalue weighted by atomic mass is 19.1. The van der Waals surface area contributed by atoms with Gasteiger partial charge in [0.2, 0.25) is 11.5 Å². The lowest BCUT2D eigenvalue weighted by atomic mass is 10.0. The number of H-pyrrole nitrogens is 1. The summed E-state index contributed by atoms with van der Waals surface area (Å²) in [4.78, 5) is 24.2. The number of aromatic nitrogens is 2. The second kappa shape index (κ2) is 5.72. The molecule has 13 heteroatoms. The van der Waals surface area contributed by atoms with Gasteiger partial charge in [0.1, 0.15) is 12.2 Å². The number of aromatic amines is 1. The van der Waals surface area contributed by atoms with Crippen LogP contribution in [0.3, 0.4) is 0 Å². The molecule has 0 radical (unpaired) electrons. The molecule has 0 aliphatic carbocycles. The molecule has 0 amide bonds. The molecule has 0 unspecified atom stereocenters. The van der Waals surface area contributed by atoms with Crippen molar-refractivity contribution in [2.75, 3.05) is 13.4 Å². The van der Waals surface area contributed by atoms with Crippen LogP contribution in [0.4, 0.5) is 8.78 Å². The van der Waals surface area contributed by atoms with Crippen molar-refractivity contribution < 1.29 is 39.2 Å². The third-order valence-corrected chi connectivity index (χ3v) is 3.47. The first-order valence-corrected chi connectivity index (χ1v) is 6.09. The Bertz CT molecular complexity index is 710. The minimum Gasteiger partial charge on any atom is -0.394 e. The van der Waals surface area contributed by atoms with Crippen molar-refractivity contribution in [2.45, 2.75) is 23.8 Å². The fraction of sp³-hybridized carbons (Fsp3) is 0.600. The molecule has 1 fully saturated rings. The zero-order chi connectivity index (χ0) is 17.6.